The third kappa shape index (κ3) is 5.05. The summed E-state index contributed by atoms with van der Waals surface area (Å²) in [5, 5.41) is 58.1. The summed E-state index contributed by atoms with van der Waals surface area (Å²) in [6.07, 6.45) is -4.64. The number of nitrogens with zero attached hydrogens (tertiary/aromatic N) is 1. The van der Waals surface area contributed by atoms with E-state index in [1.54, 1.807) is 6.92 Å². The lowest BCUT2D eigenvalue weighted by Crippen LogP contribution is -2.52. The van der Waals surface area contributed by atoms with E-state index in [2.05, 4.69) is 10.5 Å². The molecule has 0 unspecified atom stereocenters. The molecule has 14 nitrogen and oxygen atoms in total. The summed E-state index contributed by atoms with van der Waals surface area (Å²) in [7, 11) is 1.33. The normalized spacial score (nSPS) is 28.5. The van der Waals surface area contributed by atoms with Crippen LogP contribution < -0.4 is 15.9 Å². The van der Waals surface area contributed by atoms with Crippen molar-refractivity contribution < 1.29 is 54.1 Å². The first-order valence-electron chi connectivity index (χ1n) is 13.6. The molecule has 0 spiro atoms. The number of phenolic OH excluding ortho intramolecular Hbond substituents is 2. The average molecular weight is 600 g/mol. The van der Waals surface area contributed by atoms with Crippen molar-refractivity contribution in [1.29, 1.82) is 0 Å². The molecule has 0 aromatic heterocycles. The predicted molar refractivity (Wildman–Crippen MR) is 148 cm³/mol. The van der Waals surface area contributed by atoms with Gasteiger partial charge in [0, 0.05) is 42.0 Å². The zero-order valence-corrected chi connectivity index (χ0v) is 23.7. The van der Waals surface area contributed by atoms with Crippen LogP contribution in [0.3, 0.4) is 0 Å². The molecule has 8 N–H and O–H groups in total. The number of aliphatic hydroxyl groups excluding tert-OH is 2. The van der Waals surface area contributed by atoms with Gasteiger partial charge in [-0.2, -0.15) is 5.10 Å². The van der Waals surface area contributed by atoms with Crippen molar-refractivity contribution >= 4 is 23.2 Å². The number of benzene rings is 2. The molecule has 230 valence electrons. The van der Waals surface area contributed by atoms with Crippen LogP contribution in [0.4, 0.5) is 0 Å². The molecule has 1 aliphatic heterocycles. The molecule has 0 radical (unpaired) electrons. The molecule has 2 aromatic carbocycles. The van der Waals surface area contributed by atoms with E-state index in [1.165, 1.54) is 32.2 Å². The van der Waals surface area contributed by atoms with Gasteiger partial charge < -0.3 is 45.5 Å². The van der Waals surface area contributed by atoms with Crippen molar-refractivity contribution in [2.45, 2.75) is 69.4 Å². The van der Waals surface area contributed by atoms with Crippen LogP contribution in [-0.2, 0) is 20.7 Å². The zero-order valence-electron chi connectivity index (χ0n) is 23.7. The number of fused-ring (bicyclic) bond motifs is 3. The van der Waals surface area contributed by atoms with E-state index in [4.69, 9.17) is 25.1 Å². The number of phenols is 2. The fourth-order valence-corrected chi connectivity index (χ4v) is 5.95. The highest BCUT2D eigenvalue weighted by Gasteiger charge is 2.49. The highest BCUT2D eigenvalue weighted by molar-refractivity contribution is 6.31. The molecular weight excluding hydrogens is 566 g/mol. The number of rotatable bonds is 6. The second kappa shape index (κ2) is 11.3. The van der Waals surface area contributed by atoms with E-state index in [-0.39, 0.29) is 46.6 Å². The van der Waals surface area contributed by atoms with Crippen molar-refractivity contribution in [1.82, 2.24) is 5.43 Å². The number of ketones is 2. The second-order valence-corrected chi connectivity index (χ2v) is 11.0. The highest BCUT2D eigenvalue weighted by atomic mass is 16.7. The van der Waals surface area contributed by atoms with Crippen LogP contribution in [0.2, 0.25) is 0 Å². The molecule has 0 saturated carbocycles. The third-order valence-corrected chi connectivity index (χ3v) is 8.31. The molecule has 1 amide bonds. The van der Waals surface area contributed by atoms with Crippen molar-refractivity contribution in [2.24, 2.45) is 10.8 Å². The number of nitrogens with one attached hydrogen (secondary N) is 1. The molecule has 1 saturated heterocycles. The van der Waals surface area contributed by atoms with Crippen molar-refractivity contribution in [3.63, 3.8) is 0 Å². The van der Waals surface area contributed by atoms with Gasteiger partial charge in [0.05, 0.1) is 47.8 Å². The smallest absolute Gasteiger partial charge is 0.265 e. The number of amides is 1. The van der Waals surface area contributed by atoms with Crippen LogP contribution >= 0.6 is 0 Å². The summed E-state index contributed by atoms with van der Waals surface area (Å²) < 4.78 is 17.3. The summed E-state index contributed by atoms with van der Waals surface area (Å²) in [4.78, 5) is 39.1. The fourth-order valence-electron chi connectivity index (χ4n) is 5.95. The molecule has 3 aliphatic rings. The van der Waals surface area contributed by atoms with Gasteiger partial charge in [-0.25, -0.2) is 5.43 Å². The summed E-state index contributed by atoms with van der Waals surface area (Å²) in [5.41, 5.74) is 5.10. The van der Waals surface area contributed by atoms with Crippen LogP contribution in [0.5, 0.6) is 17.2 Å². The van der Waals surface area contributed by atoms with Crippen LogP contribution in [0.25, 0.3) is 0 Å². The Balaban J connectivity index is 1.67. The summed E-state index contributed by atoms with van der Waals surface area (Å²) in [6, 6.07) is 3.69. The lowest BCUT2D eigenvalue weighted by atomic mass is 9.72. The first kappa shape index (κ1) is 30.5. The SMILES string of the molecule is COc1cccc2c1C(=O)c1c(O)c3c(c(O)c1C2=O)C[C@@](O)(/C(C)=N/NC(=O)CO)C[C@H]3O[C@H]1C[C@@H](N)[C@@H](O)[C@H](C)O1. The molecule has 43 heavy (non-hydrogen) atoms. The number of hydrogen-bond donors (Lipinski definition) is 7. The molecule has 2 aliphatic carbocycles. The lowest BCUT2D eigenvalue weighted by Gasteiger charge is -2.42. The molecule has 5 rings (SSSR count). The van der Waals surface area contributed by atoms with Gasteiger partial charge in [-0.15, -0.1) is 0 Å². The summed E-state index contributed by atoms with van der Waals surface area (Å²) in [6.45, 7) is 2.15. The van der Waals surface area contributed by atoms with Gasteiger partial charge in [-0.1, -0.05) is 12.1 Å². The number of nitrogens with two attached hydrogens (primary N) is 1. The number of ether oxygens (including phenoxy) is 3. The molecule has 1 fully saturated rings. The van der Waals surface area contributed by atoms with Crippen molar-refractivity contribution in [2.75, 3.05) is 13.7 Å². The quantitative estimate of drug-likeness (QED) is 0.112. The lowest BCUT2D eigenvalue weighted by molar-refractivity contribution is -0.245. The van der Waals surface area contributed by atoms with Crippen molar-refractivity contribution in [3.05, 3.63) is 51.6 Å². The maximum Gasteiger partial charge on any atom is 0.265 e. The number of aromatic hydroxyl groups is 2. The standard InChI is InChI=1S/C29H33N3O11/c1-11-24(35)15(30)7-19(42-11)43-17-9-29(40,12(2)31-32-18(34)10-33)8-14-21(17)28(39)23-22(26(14)37)25(36)13-5-4-6-16(41-3)20(13)27(23)38/h4-6,11,15,17,19,24,33,35,37,39-40H,7-10,30H2,1-3H3,(H,32,34)/b31-12+/t11-,15+,17+,19-,24-,29-/m0/s1. The largest absolute Gasteiger partial charge is 0.507 e. The molecule has 1 heterocycles. The van der Waals surface area contributed by atoms with E-state index in [9.17, 15) is 34.8 Å². The molecule has 2 aromatic rings. The predicted octanol–water partition coefficient (Wildman–Crippen LogP) is -0.0757. The maximum atomic E-state index is 13.8. The molecule has 6 atom stereocenters. The number of hydrazone groups is 1. The number of carbonyl (C=O) groups is 3. The molecular formula is C29H33N3O11. The number of carbonyl (C=O) groups excluding carboxylic acids is 3. The summed E-state index contributed by atoms with van der Waals surface area (Å²) >= 11 is 0. The Morgan fingerprint density at radius 1 is 1.19 bits per heavy atom. The van der Waals surface area contributed by atoms with Gasteiger partial charge in [-0.05, 0) is 19.9 Å². The topological polar surface area (TPSA) is 230 Å². The van der Waals surface area contributed by atoms with E-state index < -0.39 is 89.4 Å². The van der Waals surface area contributed by atoms with E-state index in [1.807, 2.05) is 0 Å². The highest BCUT2D eigenvalue weighted by Crippen LogP contribution is 2.52. The Bertz CT molecular complexity index is 1530. The van der Waals surface area contributed by atoms with E-state index >= 15 is 0 Å². The van der Waals surface area contributed by atoms with E-state index in [0.29, 0.717) is 0 Å². The Morgan fingerprint density at radius 2 is 1.88 bits per heavy atom. The van der Waals surface area contributed by atoms with Gasteiger partial charge in [-0.3, -0.25) is 14.4 Å². The third-order valence-electron chi connectivity index (χ3n) is 8.31. The van der Waals surface area contributed by atoms with Gasteiger partial charge >= 0.3 is 0 Å². The minimum atomic E-state index is -1.91. The van der Waals surface area contributed by atoms with Crippen LogP contribution in [-0.4, -0.2) is 92.6 Å². The first-order chi connectivity index (χ1) is 20.3. The fraction of sp³-hybridized carbons (Fsp3) is 0.448. The Labute approximate surface area is 245 Å². The maximum absolute atomic E-state index is 13.8. The zero-order chi connectivity index (χ0) is 31.4. The Hall–Kier alpha value is -3.92. The Morgan fingerprint density at radius 3 is 2.53 bits per heavy atom. The number of methoxy groups -OCH3 is 1. The molecule has 14 heteroatoms. The van der Waals surface area contributed by atoms with Crippen LogP contribution in [0.15, 0.2) is 23.3 Å². The van der Waals surface area contributed by atoms with Crippen LogP contribution in [0, 0.1) is 0 Å². The average Bonchev–Trinajstić information content (AvgIpc) is 2.98. The number of aliphatic hydroxyl groups is 3. The van der Waals surface area contributed by atoms with Gasteiger partial charge in [0.15, 0.2) is 12.1 Å². The van der Waals surface area contributed by atoms with Gasteiger partial charge in [0.25, 0.3) is 5.91 Å². The number of hydrogen-bond acceptors (Lipinski definition) is 13. The minimum Gasteiger partial charge on any atom is -0.507 e. The van der Waals surface area contributed by atoms with E-state index in [0.717, 1.165) is 0 Å². The minimum absolute atomic E-state index is 0.0345. The monoisotopic (exact) mass is 599 g/mol. The summed E-state index contributed by atoms with van der Waals surface area (Å²) in [5.74, 6) is -3.49. The van der Waals surface area contributed by atoms with Crippen molar-refractivity contribution in [3.8, 4) is 17.2 Å². The van der Waals surface area contributed by atoms with Crippen LogP contribution in [0.1, 0.15) is 75.8 Å². The Kier molecular flexibility index (Phi) is 8.02. The molecule has 0 bridgehead atoms. The first-order valence-corrected chi connectivity index (χ1v) is 13.6. The second-order valence-electron chi connectivity index (χ2n) is 11.0. The van der Waals surface area contributed by atoms with Gasteiger partial charge in [0.2, 0.25) is 5.78 Å². The van der Waals surface area contributed by atoms with Gasteiger partial charge in [0.1, 0.15) is 29.5 Å².